The van der Waals surface area contributed by atoms with Gasteiger partial charge in [0.25, 0.3) is 0 Å². The molecule has 0 amide bonds. The van der Waals surface area contributed by atoms with Crippen molar-refractivity contribution in [2.24, 2.45) is 0 Å². The first-order chi connectivity index (χ1) is 6.83. The van der Waals surface area contributed by atoms with Gasteiger partial charge in [-0.3, -0.25) is 4.72 Å². The van der Waals surface area contributed by atoms with Crippen LogP contribution in [0.15, 0.2) is 22.7 Å². The summed E-state index contributed by atoms with van der Waals surface area (Å²) >= 11 is 3.31. The molecule has 1 aromatic rings. The van der Waals surface area contributed by atoms with Gasteiger partial charge in [0, 0.05) is 4.47 Å². The Morgan fingerprint density at radius 2 is 1.93 bits per heavy atom. The quantitative estimate of drug-likeness (QED) is 0.931. The second kappa shape index (κ2) is 4.53. The van der Waals surface area contributed by atoms with Crippen LogP contribution in [0, 0.1) is 6.92 Å². The van der Waals surface area contributed by atoms with Crippen molar-refractivity contribution >= 4 is 31.6 Å². The van der Waals surface area contributed by atoms with E-state index in [1.165, 1.54) is 0 Å². The van der Waals surface area contributed by atoms with E-state index in [1.807, 2.05) is 19.1 Å². The molecule has 0 spiro atoms. The molecule has 1 aromatic carbocycles. The molecule has 0 unspecified atom stereocenters. The van der Waals surface area contributed by atoms with Gasteiger partial charge in [0.05, 0.1) is 10.9 Å². The van der Waals surface area contributed by atoms with E-state index < -0.39 is 15.3 Å². The van der Waals surface area contributed by atoms with E-state index in [0.29, 0.717) is 5.69 Å². The molecule has 0 saturated carbocycles. The van der Waals surface area contributed by atoms with Gasteiger partial charge in [-0.1, -0.05) is 6.07 Å². The lowest BCUT2D eigenvalue weighted by atomic mass is 10.2. The third-order valence-corrected chi connectivity index (χ3v) is 4.43. The maximum absolute atomic E-state index is 11.6. The summed E-state index contributed by atoms with van der Waals surface area (Å²) < 4.78 is 26.6. The van der Waals surface area contributed by atoms with E-state index >= 15 is 0 Å². The van der Waals surface area contributed by atoms with Crippen LogP contribution in [0.4, 0.5) is 5.69 Å². The number of anilines is 1. The zero-order valence-electron chi connectivity index (χ0n) is 8.91. The van der Waals surface area contributed by atoms with Gasteiger partial charge in [-0.25, -0.2) is 8.42 Å². The van der Waals surface area contributed by atoms with Gasteiger partial charge in [-0.2, -0.15) is 0 Å². The summed E-state index contributed by atoms with van der Waals surface area (Å²) in [6.45, 7) is 5.21. The molecule has 0 aromatic heterocycles. The first-order valence-electron chi connectivity index (χ1n) is 4.60. The topological polar surface area (TPSA) is 46.2 Å². The minimum atomic E-state index is -3.27. The number of rotatable bonds is 3. The molecule has 0 heterocycles. The normalized spacial score (nSPS) is 11.8. The Morgan fingerprint density at radius 1 is 1.33 bits per heavy atom. The molecule has 0 radical (unpaired) electrons. The van der Waals surface area contributed by atoms with Crippen LogP contribution < -0.4 is 4.72 Å². The molecular weight excluding hydrogens is 278 g/mol. The number of halogens is 1. The van der Waals surface area contributed by atoms with Crippen molar-refractivity contribution in [3.63, 3.8) is 0 Å². The van der Waals surface area contributed by atoms with E-state index in [-0.39, 0.29) is 0 Å². The molecule has 0 aliphatic heterocycles. The summed E-state index contributed by atoms with van der Waals surface area (Å²) in [5.41, 5.74) is 1.60. The SMILES string of the molecule is Cc1ccc(Br)c(NS(=O)(=O)C(C)C)c1. The summed E-state index contributed by atoms with van der Waals surface area (Å²) in [7, 11) is -3.27. The highest BCUT2D eigenvalue weighted by molar-refractivity contribution is 9.10. The molecule has 1 rings (SSSR count). The molecule has 1 N–H and O–H groups in total. The third kappa shape index (κ3) is 3.21. The first kappa shape index (κ1) is 12.5. The monoisotopic (exact) mass is 291 g/mol. The van der Waals surface area contributed by atoms with Gasteiger partial charge < -0.3 is 0 Å². The van der Waals surface area contributed by atoms with Crippen molar-refractivity contribution in [2.45, 2.75) is 26.0 Å². The average Bonchev–Trinajstić information content (AvgIpc) is 2.10. The number of hydrogen-bond donors (Lipinski definition) is 1. The fourth-order valence-electron chi connectivity index (χ4n) is 0.988. The molecule has 5 heteroatoms. The lowest BCUT2D eigenvalue weighted by molar-refractivity contribution is 0.593. The van der Waals surface area contributed by atoms with Crippen molar-refractivity contribution in [3.05, 3.63) is 28.2 Å². The first-order valence-corrected chi connectivity index (χ1v) is 6.94. The van der Waals surface area contributed by atoms with Crippen LogP contribution in [0.1, 0.15) is 19.4 Å². The van der Waals surface area contributed by atoms with Gasteiger partial charge in [-0.15, -0.1) is 0 Å². The van der Waals surface area contributed by atoms with Crippen molar-refractivity contribution in [1.29, 1.82) is 0 Å². The highest BCUT2D eigenvalue weighted by Gasteiger charge is 2.16. The predicted molar refractivity (Wildman–Crippen MR) is 66.6 cm³/mol. The standard InChI is InChI=1S/C10H14BrNO2S/c1-7(2)15(13,14)12-10-6-8(3)4-5-9(10)11/h4-7,12H,1-3H3. The Hall–Kier alpha value is -0.550. The maximum atomic E-state index is 11.6. The Labute approximate surface area is 99.1 Å². The number of sulfonamides is 1. The molecule has 0 atom stereocenters. The van der Waals surface area contributed by atoms with Gasteiger partial charge in [-0.05, 0) is 54.4 Å². The number of aryl methyl sites for hydroxylation is 1. The average molecular weight is 292 g/mol. The second-order valence-corrected chi connectivity index (χ2v) is 6.77. The summed E-state index contributed by atoms with van der Waals surface area (Å²) in [4.78, 5) is 0. The zero-order chi connectivity index (χ0) is 11.6. The number of nitrogens with one attached hydrogen (secondary N) is 1. The van der Waals surface area contributed by atoms with Gasteiger partial charge >= 0.3 is 0 Å². The van der Waals surface area contributed by atoms with E-state index in [2.05, 4.69) is 20.7 Å². The predicted octanol–water partition coefficient (Wildman–Crippen LogP) is 2.91. The van der Waals surface area contributed by atoms with Crippen LogP contribution in [-0.2, 0) is 10.0 Å². The fourth-order valence-corrected chi connectivity index (χ4v) is 2.18. The summed E-state index contributed by atoms with van der Waals surface area (Å²) in [6.07, 6.45) is 0. The Kier molecular flexibility index (Phi) is 3.78. The second-order valence-electron chi connectivity index (χ2n) is 3.68. The van der Waals surface area contributed by atoms with Crippen LogP contribution in [-0.4, -0.2) is 13.7 Å². The molecule has 0 bridgehead atoms. The molecule has 0 aliphatic rings. The van der Waals surface area contributed by atoms with Crippen LogP contribution in [0.2, 0.25) is 0 Å². The van der Waals surface area contributed by atoms with Crippen LogP contribution >= 0.6 is 15.9 Å². The highest BCUT2D eigenvalue weighted by atomic mass is 79.9. The molecule has 0 aliphatic carbocycles. The van der Waals surface area contributed by atoms with Crippen LogP contribution in [0.3, 0.4) is 0 Å². The van der Waals surface area contributed by atoms with Crippen molar-refractivity contribution < 1.29 is 8.42 Å². The summed E-state index contributed by atoms with van der Waals surface area (Å²) in [5.74, 6) is 0. The van der Waals surface area contributed by atoms with Crippen LogP contribution in [0.5, 0.6) is 0 Å². The Balaban J connectivity index is 3.05. The lowest BCUT2D eigenvalue weighted by Crippen LogP contribution is -2.22. The maximum Gasteiger partial charge on any atom is 0.235 e. The smallest absolute Gasteiger partial charge is 0.235 e. The summed E-state index contributed by atoms with van der Waals surface area (Å²) in [6, 6.07) is 5.54. The van der Waals surface area contributed by atoms with E-state index in [9.17, 15) is 8.42 Å². The fraction of sp³-hybridized carbons (Fsp3) is 0.400. The van der Waals surface area contributed by atoms with Gasteiger partial charge in [0.15, 0.2) is 0 Å². The largest absolute Gasteiger partial charge is 0.282 e. The number of hydrogen-bond acceptors (Lipinski definition) is 2. The lowest BCUT2D eigenvalue weighted by Gasteiger charge is -2.12. The van der Waals surface area contributed by atoms with Gasteiger partial charge in [0.1, 0.15) is 0 Å². The van der Waals surface area contributed by atoms with Crippen molar-refractivity contribution in [2.75, 3.05) is 4.72 Å². The number of benzene rings is 1. The Morgan fingerprint density at radius 3 is 2.47 bits per heavy atom. The molecule has 84 valence electrons. The van der Waals surface area contributed by atoms with E-state index in [1.54, 1.807) is 19.9 Å². The van der Waals surface area contributed by atoms with Gasteiger partial charge in [0.2, 0.25) is 10.0 Å². The van der Waals surface area contributed by atoms with E-state index in [4.69, 9.17) is 0 Å². The van der Waals surface area contributed by atoms with Crippen LogP contribution in [0.25, 0.3) is 0 Å². The molecule has 0 fully saturated rings. The summed E-state index contributed by atoms with van der Waals surface area (Å²) in [5, 5.41) is -0.440. The van der Waals surface area contributed by atoms with E-state index in [0.717, 1.165) is 10.0 Å². The third-order valence-electron chi connectivity index (χ3n) is 1.99. The minimum absolute atomic E-state index is 0.440. The van der Waals surface area contributed by atoms with Crippen molar-refractivity contribution in [1.82, 2.24) is 0 Å². The molecular formula is C10H14BrNO2S. The molecule has 0 saturated heterocycles. The zero-order valence-corrected chi connectivity index (χ0v) is 11.3. The highest BCUT2D eigenvalue weighted by Crippen LogP contribution is 2.24. The Bertz CT molecular complexity index is 454. The minimum Gasteiger partial charge on any atom is -0.282 e. The molecule has 3 nitrogen and oxygen atoms in total. The van der Waals surface area contributed by atoms with Crippen molar-refractivity contribution in [3.8, 4) is 0 Å². The molecule has 15 heavy (non-hydrogen) atoms.